The number of nitro benzene ring substituents is 1. The van der Waals surface area contributed by atoms with Crippen LogP contribution in [0.25, 0.3) is 0 Å². The number of nitrogens with zero attached hydrogens (tertiary/aromatic N) is 4. The minimum absolute atomic E-state index is 0.0402. The lowest BCUT2D eigenvalue weighted by atomic mass is 10.1. The van der Waals surface area contributed by atoms with Crippen molar-refractivity contribution in [2.45, 2.75) is 6.54 Å². The van der Waals surface area contributed by atoms with Gasteiger partial charge in [-0.05, 0) is 17.5 Å². The number of piperazine rings is 1. The van der Waals surface area contributed by atoms with E-state index in [0.717, 1.165) is 38.4 Å². The van der Waals surface area contributed by atoms with Crippen molar-refractivity contribution in [3.05, 3.63) is 56.3 Å². The van der Waals surface area contributed by atoms with Gasteiger partial charge in [0, 0.05) is 49.7 Å². The number of rotatable bonds is 4. The van der Waals surface area contributed by atoms with E-state index in [1.165, 1.54) is 17.0 Å². The Morgan fingerprint density at radius 2 is 2.04 bits per heavy atom. The highest BCUT2D eigenvalue weighted by atomic mass is 32.1. The van der Waals surface area contributed by atoms with Crippen LogP contribution in [0.2, 0.25) is 0 Å². The van der Waals surface area contributed by atoms with Crippen LogP contribution in [-0.2, 0) is 6.54 Å². The molecule has 0 amide bonds. The molecular formula is C16H16N4O2S. The molecular weight excluding hydrogens is 312 g/mol. The molecule has 0 atom stereocenters. The third-order valence-corrected chi connectivity index (χ3v) is 4.85. The zero-order valence-corrected chi connectivity index (χ0v) is 13.3. The molecule has 23 heavy (non-hydrogen) atoms. The highest BCUT2D eigenvalue weighted by molar-refractivity contribution is 7.09. The molecule has 118 valence electrons. The second kappa shape index (κ2) is 6.77. The topological polar surface area (TPSA) is 73.4 Å². The van der Waals surface area contributed by atoms with Crippen molar-refractivity contribution in [2.24, 2.45) is 0 Å². The third-order valence-electron chi connectivity index (χ3n) is 3.98. The lowest BCUT2D eigenvalue weighted by Gasteiger charge is -2.36. The molecule has 1 aromatic heterocycles. The lowest BCUT2D eigenvalue weighted by Crippen LogP contribution is -2.46. The maximum atomic E-state index is 10.8. The molecule has 0 unspecified atom stereocenters. The van der Waals surface area contributed by atoms with Gasteiger partial charge >= 0.3 is 0 Å². The van der Waals surface area contributed by atoms with E-state index in [4.69, 9.17) is 0 Å². The molecule has 1 saturated heterocycles. The maximum absolute atomic E-state index is 10.8. The van der Waals surface area contributed by atoms with Crippen LogP contribution in [-0.4, -0.2) is 36.0 Å². The zero-order chi connectivity index (χ0) is 16.2. The Hall–Kier alpha value is -2.43. The van der Waals surface area contributed by atoms with E-state index in [0.29, 0.717) is 5.56 Å². The molecule has 0 bridgehead atoms. The molecule has 1 aliphatic rings. The van der Waals surface area contributed by atoms with E-state index in [1.807, 2.05) is 0 Å². The van der Waals surface area contributed by atoms with Crippen LogP contribution in [0.5, 0.6) is 0 Å². The summed E-state index contributed by atoms with van der Waals surface area (Å²) in [4.78, 5) is 16.2. The molecule has 0 spiro atoms. The number of benzene rings is 1. The Balaban J connectivity index is 1.68. The van der Waals surface area contributed by atoms with Gasteiger partial charge in [0.25, 0.3) is 5.69 Å². The van der Waals surface area contributed by atoms with Crippen molar-refractivity contribution >= 4 is 22.7 Å². The van der Waals surface area contributed by atoms with Crippen molar-refractivity contribution in [3.8, 4) is 6.07 Å². The van der Waals surface area contributed by atoms with Crippen LogP contribution in [0, 0.1) is 21.4 Å². The Morgan fingerprint density at radius 1 is 1.26 bits per heavy atom. The summed E-state index contributed by atoms with van der Waals surface area (Å²) >= 11 is 1.76. The van der Waals surface area contributed by atoms with Gasteiger partial charge in [0.2, 0.25) is 0 Å². The van der Waals surface area contributed by atoms with E-state index in [-0.39, 0.29) is 5.69 Å². The SMILES string of the molecule is N#Cc1cc([N+](=O)[O-])ccc1N1CCN(Cc2cccs2)CC1. The van der Waals surface area contributed by atoms with Gasteiger partial charge in [0.05, 0.1) is 16.2 Å². The maximum Gasteiger partial charge on any atom is 0.270 e. The standard InChI is InChI=1S/C16H16N4O2S/c17-11-13-10-14(20(21)22)3-4-16(13)19-7-5-18(6-8-19)12-15-2-1-9-23-15/h1-4,9-10H,5-8,12H2. The van der Waals surface area contributed by atoms with Crippen LogP contribution < -0.4 is 4.90 Å². The molecule has 7 heteroatoms. The number of thiophene rings is 1. The molecule has 0 saturated carbocycles. The van der Waals surface area contributed by atoms with Crippen LogP contribution in [0.1, 0.15) is 10.4 Å². The molecule has 1 aromatic carbocycles. The van der Waals surface area contributed by atoms with Crippen molar-refractivity contribution in [3.63, 3.8) is 0 Å². The second-order valence-corrected chi connectivity index (χ2v) is 6.45. The summed E-state index contributed by atoms with van der Waals surface area (Å²) in [6.07, 6.45) is 0. The molecule has 0 aliphatic carbocycles. The fourth-order valence-corrected chi connectivity index (χ4v) is 3.52. The van der Waals surface area contributed by atoms with Gasteiger partial charge < -0.3 is 4.90 Å². The largest absolute Gasteiger partial charge is 0.368 e. The first-order valence-corrected chi connectivity index (χ1v) is 8.23. The summed E-state index contributed by atoms with van der Waals surface area (Å²) in [5.41, 5.74) is 1.11. The number of nitriles is 1. The fraction of sp³-hybridized carbons (Fsp3) is 0.312. The summed E-state index contributed by atoms with van der Waals surface area (Å²) < 4.78 is 0. The van der Waals surface area contributed by atoms with Gasteiger partial charge in [-0.15, -0.1) is 11.3 Å². The van der Waals surface area contributed by atoms with Gasteiger partial charge in [-0.2, -0.15) is 5.26 Å². The highest BCUT2D eigenvalue weighted by Gasteiger charge is 2.21. The quantitative estimate of drug-likeness (QED) is 0.637. The molecule has 2 heterocycles. The summed E-state index contributed by atoms with van der Waals surface area (Å²) in [5.74, 6) is 0. The van der Waals surface area contributed by atoms with Crippen LogP contribution in [0.4, 0.5) is 11.4 Å². The zero-order valence-electron chi connectivity index (χ0n) is 12.5. The minimum atomic E-state index is -0.469. The summed E-state index contributed by atoms with van der Waals surface area (Å²) in [7, 11) is 0. The van der Waals surface area contributed by atoms with E-state index < -0.39 is 4.92 Å². The lowest BCUT2D eigenvalue weighted by molar-refractivity contribution is -0.384. The smallest absolute Gasteiger partial charge is 0.270 e. The highest BCUT2D eigenvalue weighted by Crippen LogP contribution is 2.26. The molecule has 1 fully saturated rings. The van der Waals surface area contributed by atoms with Gasteiger partial charge in [-0.25, -0.2) is 0 Å². The van der Waals surface area contributed by atoms with E-state index >= 15 is 0 Å². The predicted molar refractivity (Wildman–Crippen MR) is 89.6 cm³/mol. The fourth-order valence-electron chi connectivity index (χ4n) is 2.77. The van der Waals surface area contributed by atoms with Crippen molar-refractivity contribution < 1.29 is 4.92 Å². The van der Waals surface area contributed by atoms with Gasteiger partial charge in [-0.3, -0.25) is 15.0 Å². The molecule has 3 rings (SSSR count). The number of hydrogen-bond donors (Lipinski definition) is 0. The summed E-state index contributed by atoms with van der Waals surface area (Å²) in [6.45, 7) is 4.42. The van der Waals surface area contributed by atoms with Crippen LogP contribution in [0.15, 0.2) is 35.7 Å². The molecule has 0 radical (unpaired) electrons. The number of anilines is 1. The number of non-ortho nitro benzene ring substituents is 1. The third kappa shape index (κ3) is 3.50. The Labute approximate surface area is 138 Å². The molecule has 0 N–H and O–H groups in total. The first kappa shape index (κ1) is 15.5. The van der Waals surface area contributed by atoms with Gasteiger partial charge in [-0.1, -0.05) is 6.07 Å². The Bertz CT molecular complexity index is 731. The normalized spacial score (nSPS) is 15.3. The Morgan fingerprint density at radius 3 is 2.65 bits per heavy atom. The average molecular weight is 328 g/mol. The van der Waals surface area contributed by atoms with Gasteiger partial charge in [0.15, 0.2) is 0 Å². The molecule has 1 aliphatic heterocycles. The van der Waals surface area contributed by atoms with E-state index in [9.17, 15) is 15.4 Å². The predicted octanol–water partition coefficient (Wildman–Crippen LogP) is 2.85. The monoisotopic (exact) mass is 328 g/mol. The summed E-state index contributed by atoms with van der Waals surface area (Å²) in [6, 6.07) is 10.8. The van der Waals surface area contributed by atoms with Crippen LogP contribution >= 0.6 is 11.3 Å². The van der Waals surface area contributed by atoms with Crippen LogP contribution in [0.3, 0.4) is 0 Å². The minimum Gasteiger partial charge on any atom is -0.368 e. The van der Waals surface area contributed by atoms with E-state index in [2.05, 4.69) is 33.4 Å². The van der Waals surface area contributed by atoms with Crippen molar-refractivity contribution in [1.29, 1.82) is 5.26 Å². The number of hydrogen-bond acceptors (Lipinski definition) is 6. The van der Waals surface area contributed by atoms with Crippen molar-refractivity contribution in [1.82, 2.24) is 4.90 Å². The summed E-state index contributed by atoms with van der Waals surface area (Å²) in [5, 5.41) is 22.2. The van der Waals surface area contributed by atoms with Crippen molar-refractivity contribution in [2.75, 3.05) is 31.1 Å². The Kier molecular flexibility index (Phi) is 4.55. The molecule has 6 nitrogen and oxygen atoms in total. The first-order chi connectivity index (χ1) is 11.2. The second-order valence-electron chi connectivity index (χ2n) is 5.41. The average Bonchev–Trinajstić information content (AvgIpc) is 3.08. The van der Waals surface area contributed by atoms with Gasteiger partial charge in [0.1, 0.15) is 6.07 Å². The molecule has 2 aromatic rings. The number of nitro groups is 1. The first-order valence-electron chi connectivity index (χ1n) is 7.35. The van der Waals surface area contributed by atoms with E-state index in [1.54, 1.807) is 17.4 Å².